The molecule has 2 N–H and O–H groups in total. The number of carbonyl (C=O) groups is 1. The average Bonchev–Trinajstić information content (AvgIpc) is 2.70. The van der Waals surface area contributed by atoms with Crippen molar-refractivity contribution in [3.05, 3.63) is 34.2 Å². The van der Waals surface area contributed by atoms with E-state index in [-0.39, 0.29) is 10.7 Å². The maximum Gasteiger partial charge on any atom is 0.359 e. The van der Waals surface area contributed by atoms with Crippen molar-refractivity contribution in [1.29, 1.82) is 0 Å². The standard InChI is InChI=1S/C11H8BrFN2O2S/c1-17-11(16)8-9(14)18-10(15-8)6-3-2-5(12)4-7(6)13/h2-4H,14H2,1H3. The molecule has 1 aromatic heterocycles. The predicted octanol–water partition coefficient (Wildman–Crippen LogP) is 3.08. The van der Waals surface area contributed by atoms with E-state index in [1.165, 1.54) is 13.2 Å². The van der Waals surface area contributed by atoms with Crippen LogP contribution >= 0.6 is 27.3 Å². The second-order valence-corrected chi connectivity index (χ2v) is 5.29. The molecule has 7 heteroatoms. The number of carbonyl (C=O) groups excluding carboxylic acids is 1. The van der Waals surface area contributed by atoms with Crippen LogP contribution in [0, 0.1) is 5.82 Å². The number of thiazole rings is 1. The van der Waals surface area contributed by atoms with Crippen LogP contribution in [0.15, 0.2) is 22.7 Å². The van der Waals surface area contributed by atoms with E-state index >= 15 is 0 Å². The first-order valence-corrected chi connectivity index (χ1v) is 6.44. The molecule has 18 heavy (non-hydrogen) atoms. The number of aromatic nitrogens is 1. The number of nitrogens with zero attached hydrogens (tertiary/aromatic N) is 1. The number of halogens is 2. The first kappa shape index (κ1) is 13.0. The highest BCUT2D eigenvalue weighted by Crippen LogP contribution is 2.32. The van der Waals surface area contributed by atoms with Gasteiger partial charge in [-0.2, -0.15) is 0 Å². The van der Waals surface area contributed by atoms with Crippen LogP contribution in [-0.2, 0) is 4.74 Å². The predicted molar refractivity (Wildman–Crippen MR) is 71.0 cm³/mol. The van der Waals surface area contributed by atoms with Gasteiger partial charge in [-0.3, -0.25) is 0 Å². The maximum atomic E-state index is 13.7. The molecule has 0 saturated carbocycles. The van der Waals surface area contributed by atoms with E-state index in [1.807, 2.05) is 0 Å². The molecule has 1 aromatic carbocycles. The number of hydrogen-bond acceptors (Lipinski definition) is 5. The van der Waals surface area contributed by atoms with Crippen molar-refractivity contribution in [2.75, 3.05) is 12.8 Å². The van der Waals surface area contributed by atoms with Crippen molar-refractivity contribution in [3.63, 3.8) is 0 Å². The Morgan fingerprint density at radius 2 is 2.28 bits per heavy atom. The Morgan fingerprint density at radius 1 is 1.56 bits per heavy atom. The fraction of sp³-hybridized carbons (Fsp3) is 0.0909. The summed E-state index contributed by atoms with van der Waals surface area (Å²) < 4.78 is 18.9. The fourth-order valence-corrected chi connectivity index (χ4v) is 2.53. The molecule has 0 fully saturated rings. The lowest BCUT2D eigenvalue weighted by molar-refractivity contribution is 0.0596. The minimum Gasteiger partial charge on any atom is -0.464 e. The summed E-state index contributed by atoms with van der Waals surface area (Å²) in [5.41, 5.74) is 5.97. The van der Waals surface area contributed by atoms with Crippen molar-refractivity contribution >= 4 is 38.2 Å². The van der Waals surface area contributed by atoms with Gasteiger partial charge >= 0.3 is 5.97 Å². The molecule has 0 amide bonds. The minimum atomic E-state index is -0.632. The second kappa shape index (κ2) is 5.03. The SMILES string of the molecule is COC(=O)c1nc(-c2ccc(Br)cc2F)sc1N. The lowest BCUT2D eigenvalue weighted by Gasteiger charge is -1.99. The summed E-state index contributed by atoms with van der Waals surface area (Å²) in [7, 11) is 1.24. The summed E-state index contributed by atoms with van der Waals surface area (Å²) in [6.07, 6.45) is 0. The van der Waals surface area contributed by atoms with Crippen molar-refractivity contribution < 1.29 is 13.9 Å². The van der Waals surface area contributed by atoms with Crippen LogP contribution in [-0.4, -0.2) is 18.1 Å². The molecule has 0 radical (unpaired) electrons. The van der Waals surface area contributed by atoms with Crippen LogP contribution in [0.4, 0.5) is 9.39 Å². The van der Waals surface area contributed by atoms with Crippen molar-refractivity contribution in [3.8, 4) is 10.6 Å². The van der Waals surface area contributed by atoms with Gasteiger partial charge in [0, 0.05) is 10.0 Å². The molecule has 0 aliphatic carbocycles. The molecule has 1 heterocycles. The second-order valence-electron chi connectivity index (χ2n) is 3.35. The van der Waals surface area contributed by atoms with Gasteiger partial charge in [-0.1, -0.05) is 27.3 Å². The van der Waals surface area contributed by atoms with Crippen LogP contribution in [0.5, 0.6) is 0 Å². The summed E-state index contributed by atoms with van der Waals surface area (Å²) in [5, 5.41) is 0.553. The molecule has 0 atom stereocenters. The Labute approximate surface area is 115 Å². The molecule has 4 nitrogen and oxygen atoms in total. The minimum absolute atomic E-state index is 0.0137. The molecule has 94 valence electrons. The van der Waals surface area contributed by atoms with Crippen LogP contribution in [0.25, 0.3) is 10.6 Å². The van der Waals surface area contributed by atoms with Gasteiger partial charge in [-0.05, 0) is 18.2 Å². The number of nitrogen functional groups attached to an aromatic ring is 1. The van der Waals surface area contributed by atoms with Crippen molar-refractivity contribution in [2.24, 2.45) is 0 Å². The van der Waals surface area contributed by atoms with Gasteiger partial charge in [0.1, 0.15) is 15.8 Å². The van der Waals surface area contributed by atoms with Gasteiger partial charge in [0.25, 0.3) is 0 Å². The number of ether oxygens (including phenoxy) is 1. The van der Waals surface area contributed by atoms with Crippen LogP contribution < -0.4 is 5.73 Å². The first-order valence-electron chi connectivity index (χ1n) is 4.83. The third kappa shape index (κ3) is 2.37. The Balaban J connectivity index is 2.49. The summed E-state index contributed by atoms with van der Waals surface area (Å²) in [4.78, 5) is 15.4. The van der Waals surface area contributed by atoms with Gasteiger partial charge in [0.15, 0.2) is 5.69 Å². The largest absolute Gasteiger partial charge is 0.464 e. The van der Waals surface area contributed by atoms with E-state index in [0.29, 0.717) is 15.0 Å². The summed E-state index contributed by atoms with van der Waals surface area (Å²) in [6, 6.07) is 4.58. The van der Waals surface area contributed by atoms with E-state index in [1.54, 1.807) is 12.1 Å². The van der Waals surface area contributed by atoms with E-state index in [4.69, 9.17) is 5.73 Å². The number of anilines is 1. The van der Waals surface area contributed by atoms with Crippen LogP contribution in [0.3, 0.4) is 0 Å². The van der Waals surface area contributed by atoms with Crippen molar-refractivity contribution in [2.45, 2.75) is 0 Å². The summed E-state index contributed by atoms with van der Waals surface area (Å²) in [5.74, 6) is -1.07. The molecule has 0 bridgehead atoms. The van der Waals surface area contributed by atoms with Gasteiger partial charge in [-0.15, -0.1) is 0 Å². The molecule has 0 saturated heterocycles. The van der Waals surface area contributed by atoms with Crippen molar-refractivity contribution in [1.82, 2.24) is 4.98 Å². The van der Waals surface area contributed by atoms with E-state index < -0.39 is 11.8 Å². The quantitative estimate of drug-likeness (QED) is 0.859. The lowest BCUT2D eigenvalue weighted by Crippen LogP contribution is -2.04. The van der Waals surface area contributed by atoms with Gasteiger partial charge < -0.3 is 10.5 Å². The topological polar surface area (TPSA) is 65.2 Å². The van der Waals surface area contributed by atoms with E-state index in [0.717, 1.165) is 11.3 Å². The average molecular weight is 331 g/mol. The zero-order chi connectivity index (χ0) is 13.3. The van der Waals surface area contributed by atoms with Gasteiger partial charge in [0.2, 0.25) is 0 Å². The third-order valence-electron chi connectivity index (χ3n) is 2.19. The zero-order valence-corrected chi connectivity index (χ0v) is 11.6. The fourth-order valence-electron chi connectivity index (χ4n) is 1.35. The Bertz CT molecular complexity index is 615. The number of methoxy groups -OCH3 is 1. The molecule has 0 unspecified atom stereocenters. The highest BCUT2D eigenvalue weighted by Gasteiger charge is 2.19. The number of nitrogens with two attached hydrogens (primary N) is 1. The van der Waals surface area contributed by atoms with Crippen LogP contribution in [0.1, 0.15) is 10.5 Å². The van der Waals surface area contributed by atoms with Gasteiger partial charge in [0.05, 0.1) is 7.11 Å². The smallest absolute Gasteiger partial charge is 0.359 e. The number of esters is 1. The summed E-state index contributed by atoms with van der Waals surface area (Å²) >= 11 is 4.21. The lowest BCUT2D eigenvalue weighted by atomic mass is 10.2. The van der Waals surface area contributed by atoms with E-state index in [9.17, 15) is 9.18 Å². The summed E-state index contributed by atoms with van der Waals surface area (Å²) in [6.45, 7) is 0. The third-order valence-corrected chi connectivity index (χ3v) is 3.60. The Morgan fingerprint density at radius 3 is 2.89 bits per heavy atom. The molecule has 0 spiro atoms. The monoisotopic (exact) mass is 330 g/mol. The number of hydrogen-bond donors (Lipinski definition) is 1. The molecule has 0 aliphatic rings. The molecule has 0 aliphatic heterocycles. The van der Waals surface area contributed by atoms with E-state index in [2.05, 4.69) is 25.7 Å². The molecule has 2 aromatic rings. The Hall–Kier alpha value is -1.47. The highest BCUT2D eigenvalue weighted by molar-refractivity contribution is 9.10. The maximum absolute atomic E-state index is 13.7. The van der Waals surface area contributed by atoms with Crippen LogP contribution in [0.2, 0.25) is 0 Å². The normalized spacial score (nSPS) is 10.4. The highest BCUT2D eigenvalue weighted by atomic mass is 79.9. The number of benzene rings is 1. The first-order chi connectivity index (χ1) is 8.52. The molecule has 2 rings (SSSR count). The molecular formula is C11H8BrFN2O2S. The molecular weight excluding hydrogens is 323 g/mol. The number of rotatable bonds is 2. The Kier molecular flexibility index (Phi) is 3.63. The zero-order valence-electron chi connectivity index (χ0n) is 9.24. The van der Waals surface area contributed by atoms with Gasteiger partial charge in [-0.25, -0.2) is 14.2 Å².